The van der Waals surface area contributed by atoms with Gasteiger partial charge >= 0.3 is 0 Å². The van der Waals surface area contributed by atoms with Crippen LogP contribution in [0.1, 0.15) is 25.3 Å². The molecule has 1 fully saturated rings. The van der Waals surface area contributed by atoms with E-state index in [1.54, 1.807) is 6.92 Å². The SMILES string of the molecule is Cc1c(Cl)ncnc1NC(C)C(=O)NC1CC1. The van der Waals surface area contributed by atoms with Crippen LogP contribution >= 0.6 is 11.6 Å². The largest absolute Gasteiger partial charge is 0.358 e. The number of anilines is 1. The van der Waals surface area contributed by atoms with Crippen LogP contribution in [0.4, 0.5) is 5.82 Å². The Balaban J connectivity index is 1.99. The molecule has 1 saturated carbocycles. The standard InChI is InChI=1S/C11H15ClN4O/c1-6-9(12)13-5-14-10(6)15-7(2)11(17)16-8-3-4-8/h5,7-8H,3-4H2,1-2H3,(H,16,17)(H,13,14,15). The minimum Gasteiger partial charge on any atom is -0.358 e. The number of carbonyl (C=O) groups is 1. The van der Waals surface area contributed by atoms with E-state index in [4.69, 9.17) is 11.6 Å². The Morgan fingerprint density at radius 1 is 1.53 bits per heavy atom. The molecule has 1 atom stereocenters. The van der Waals surface area contributed by atoms with Crippen LogP contribution < -0.4 is 10.6 Å². The van der Waals surface area contributed by atoms with Crippen molar-refractivity contribution in [2.24, 2.45) is 0 Å². The van der Waals surface area contributed by atoms with Crippen molar-refractivity contribution in [2.45, 2.75) is 38.8 Å². The molecule has 0 aromatic carbocycles. The number of nitrogens with zero attached hydrogens (tertiary/aromatic N) is 2. The van der Waals surface area contributed by atoms with Gasteiger partial charge in [0.1, 0.15) is 23.3 Å². The van der Waals surface area contributed by atoms with Gasteiger partial charge in [0.2, 0.25) is 5.91 Å². The zero-order valence-electron chi connectivity index (χ0n) is 9.83. The van der Waals surface area contributed by atoms with Gasteiger partial charge in [0.25, 0.3) is 0 Å². The zero-order valence-corrected chi connectivity index (χ0v) is 10.6. The second-order valence-electron chi connectivity index (χ2n) is 4.29. The van der Waals surface area contributed by atoms with Crippen molar-refractivity contribution in [3.05, 3.63) is 17.0 Å². The summed E-state index contributed by atoms with van der Waals surface area (Å²) in [5.74, 6) is 0.588. The van der Waals surface area contributed by atoms with Crippen LogP contribution in [0.15, 0.2) is 6.33 Å². The number of aromatic nitrogens is 2. The average Bonchev–Trinajstić information content (AvgIpc) is 3.08. The van der Waals surface area contributed by atoms with E-state index in [9.17, 15) is 4.79 Å². The third-order valence-corrected chi connectivity index (χ3v) is 3.07. The van der Waals surface area contributed by atoms with Crippen LogP contribution in [-0.2, 0) is 4.79 Å². The summed E-state index contributed by atoms with van der Waals surface area (Å²) >= 11 is 5.88. The first-order chi connectivity index (χ1) is 8.08. The zero-order chi connectivity index (χ0) is 12.4. The summed E-state index contributed by atoms with van der Waals surface area (Å²) in [6.45, 7) is 3.61. The summed E-state index contributed by atoms with van der Waals surface area (Å²) < 4.78 is 0. The van der Waals surface area contributed by atoms with E-state index < -0.39 is 0 Å². The van der Waals surface area contributed by atoms with Gasteiger partial charge in [-0.15, -0.1) is 0 Å². The van der Waals surface area contributed by atoms with Gasteiger partial charge < -0.3 is 10.6 Å². The molecule has 0 aliphatic heterocycles. The molecule has 1 aliphatic carbocycles. The van der Waals surface area contributed by atoms with Crippen LogP contribution in [0.3, 0.4) is 0 Å². The van der Waals surface area contributed by atoms with E-state index >= 15 is 0 Å². The second-order valence-corrected chi connectivity index (χ2v) is 4.64. The van der Waals surface area contributed by atoms with E-state index in [1.807, 2.05) is 6.92 Å². The molecular weight excluding hydrogens is 240 g/mol. The first kappa shape index (κ1) is 12.1. The highest BCUT2D eigenvalue weighted by Gasteiger charge is 2.25. The molecule has 0 saturated heterocycles. The summed E-state index contributed by atoms with van der Waals surface area (Å²) in [6, 6.07) is 0.0297. The quantitative estimate of drug-likeness (QED) is 0.800. The average molecular weight is 255 g/mol. The smallest absolute Gasteiger partial charge is 0.242 e. The second kappa shape index (κ2) is 4.87. The first-order valence-electron chi connectivity index (χ1n) is 5.62. The van der Waals surface area contributed by atoms with E-state index in [0.29, 0.717) is 17.0 Å². The highest BCUT2D eigenvalue weighted by molar-refractivity contribution is 6.30. The van der Waals surface area contributed by atoms with Crippen LogP contribution in [0.25, 0.3) is 0 Å². The molecule has 1 amide bonds. The molecule has 0 radical (unpaired) electrons. The Bertz CT molecular complexity index is 433. The normalized spacial score (nSPS) is 16.4. The van der Waals surface area contributed by atoms with Crippen molar-refractivity contribution in [3.63, 3.8) is 0 Å². The first-order valence-corrected chi connectivity index (χ1v) is 5.99. The molecule has 17 heavy (non-hydrogen) atoms. The predicted molar refractivity (Wildman–Crippen MR) is 66.0 cm³/mol. The summed E-state index contributed by atoms with van der Waals surface area (Å²) in [6.07, 6.45) is 3.54. The minimum absolute atomic E-state index is 0.0124. The monoisotopic (exact) mass is 254 g/mol. The molecule has 6 heteroatoms. The molecule has 1 aromatic heterocycles. The fourth-order valence-electron chi connectivity index (χ4n) is 1.40. The molecule has 1 aromatic rings. The number of hydrogen-bond acceptors (Lipinski definition) is 4. The summed E-state index contributed by atoms with van der Waals surface area (Å²) in [5, 5.41) is 6.37. The van der Waals surface area contributed by atoms with Crippen LogP contribution in [0.5, 0.6) is 0 Å². The van der Waals surface area contributed by atoms with Crippen molar-refractivity contribution in [1.29, 1.82) is 0 Å². The Hall–Kier alpha value is -1.36. The lowest BCUT2D eigenvalue weighted by atomic mass is 10.2. The molecule has 92 valence electrons. The van der Waals surface area contributed by atoms with Crippen LogP contribution in [0.2, 0.25) is 5.15 Å². The van der Waals surface area contributed by atoms with Crippen molar-refractivity contribution >= 4 is 23.3 Å². The van der Waals surface area contributed by atoms with E-state index in [1.165, 1.54) is 6.33 Å². The number of carbonyl (C=O) groups excluding carboxylic acids is 1. The van der Waals surface area contributed by atoms with Gasteiger partial charge in [-0.05, 0) is 26.7 Å². The Morgan fingerprint density at radius 2 is 2.24 bits per heavy atom. The lowest BCUT2D eigenvalue weighted by molar-refractivity contribution is -0.121. The molecule has 1 unspecified atom stereocenters. The van der Waals surface area contributed by atoms with Gasteiger partial charge in [-0.2, -0.15) is 0 Å². The number of hydrogen-bond donors (Lipinski definition) is 2. The molecule has 0 spiro atoms. The van der Waals surface area contributed by atoms with Crippen molar-refractivity contribution in [2.75, 3.05) is 5.32 Å². The maximum absolute atomic E-state index is 11.7. The number of rotatable bonds is 4. The van der Waals surface area contributed by atoms with Crippen molar-refractivity contribution in [3.8, 4) is 0 Å². The maximum atomic E-state index is 11.7. The Morgan fingerprint density at radius 3 is 2.88 bits per heavy atom. The van der Waals surface area contributed by atoms with Gasteiger partial charge in [-0.3, -0.25) is 4.79 Å². The molecule has 0 bridgehead atoms. The fraction of sp³-hybridized carbons (Fsp3) is 0.545. The van der Waals surface area contributed by atoms with Gasteiger partial charge in [0.05, 0.1) is 0 Å². The van der Waals surface area contributed by atoms with Gasteiger partial charge in [-0.1, -0.05) is 11.6 Å². The molecule has 1 aliphatic rings. The van der Waals surface area contributed by atoms with Gasteiger partial charge in [0, 0.05) is 11.6 Å². The predicted octanol–water partition coefficient (Wildman–Crippen LogP) is 1.52. The van der Waals surface area contributed by atoms with Gasteiger partial charge in [0.15, 0.2) is 0 Å². The minimum atomic E-state index is -0.333. The van der Waals surface area contributed by atoms with Crippen LogP contribution in [-0.4, -0.2) is 28.0 Å². The lowest BCUT2D eigenvalue weighted by Crippen LogP contribution is -2.39. The maximum Gasteiger partial charge on any atom is 0.242 e. The number of amides is 1. The molecule has 1 heterocycles. The van der Waals surface area contributed by atoms with Crippen molar-refractivity contribution < 1.29 is 4.79 Å². The Labute approximate surface area is 105 Å². The topological polar surface area (TPSA) is 66.9 Å². The van der Waals surface area contributed by atoms with Crippen LogP contribution in [0, 0.1) is 6.92 Å². The Kier molecular flexibility index (Phi) is 3.47. The molecular formula is C11H15ClN4O. The van der Waals surface area contributed by atoms with E-state index in [2.05, 4.69) is 20.6 Å². The summed E-state index contributed by atoms with van der Waals surface area (Å²) in [7, 11) is 0. The fourth-order valence-corrected chi connectivity index (χ4v) is 1.53. The highest BCUT2D eigenvalue weighted by Crippen LogP contribution is 2.20. The lowest BCUT2D eigenvalue weighted by Gasteiger charge is -2.15. The third-order valence-electron chi connectivity index (χ3n) is 2.69. The highest BCUT2D eigenvalue weighted by atomic mass is 35.5. The van der Waals surface area contributed by atoms with Crippen molar-refractivity contribution in [1.82, 2.24) is 15.3 Å². The van der Waals surface area contributed by atoms with Gasteiger partial charge in [-0.25, -0.2) is 9.97 Å². The number of nitrogens with one attached hydrogen (secondary N) is 2. The molecule has 2 rings (SSSR count). The molecule has 5 nitrogen and oxygen atoms in total. The number of halogens is 1. The third kappa shape index (κ3) is 3.06. The summed E-state index contributed by atoms with van der Waals surface area (Å²) in [5.41, 5.74) is 0.750. The van der Waals surface area contributed by atoms with E-state index in [0.717, 1.165) is 18.4 Å². The van der Waals surface area contributed by atoms with E-state index in [-0.39, 0.29) is 11.9 Å². The molecule has 2 N–H and O–H groups in total. The summed E-state index contributed by atoms with van der Waals surface area (Å²) in [4.78, 5) is 19.7.